The summed E-state index contributed by atoms with van der Waals surface area (Å²) in [6, 6.07) is 27.4. The van der Waals surface area contributed by atoms with Gasteiger partial charge < -0.3 is 9.88 Å². The molecule has 0 saturated carbocycles. The van der Waals surface area contributed by atoms with Crippen LogP contribution in [0.25, 0.3) is 33.9 Å². The average Bonchev–Trinajstić information content (AvgIpc) is 3.36. The first-order valence-corrected chi connectivity index (χ1v) is 13.5. The van der Waals surface area contributed by atoms with Crippen molar-refractivity contribution in [1.82, 2.24) is 29.4 Å². The predicted molar refractivity (Wildman–Crippen MR) is 156 cm³/mol. The molecule has 198 valence electrons. The zero-order chi connectivity index (χ0) is 27.3. The minimum Gasteiger partial charge on any atom is -0.367 e. The number of benzene rings is 2. The summed E-state index contributed by atoms with van der Waals surface area (Å²) in [7, 11) is 2.08. The molecular formula is C32H30N8. The van der Waals surface area contributed by atoms with Gasteiger partial charge in [0.15, 0.2) is 0 Å². The van der Waals surface area contributed by atoms with Gasteiger partial charge in [0.2, 0.25) is 5.82 Å². The lowest BCUT2D eigenvalue weighted by Crippen LogP contribution is -2.38. The predicted octanol–water partition coefficient (Wildman–Crippen LogP) is 5.55. The van der Waals surface area contributed by atoms with Gasteiger partial charge in [-0.3, -0.25) is 9.88 Å². The molecule has 6 rings (SSSR count). The molecule has 1 aliphatic rings. The van der Waals surface area contributed by atoms with E-state index in [1.165, 1.54) is 5.56 Å². The summed E-state index contributed by atoms with van der Waals surface area (Å²) >= 11 is 0. The summed E-state index contributed by atoms with van der Waals surface area (Å²) in [5.41, 5.74) is 6.64. The van der Waals surface area contributed by atoms with Crippen molar-refractivity contribution >= 4 is 5.82 Å². The van der Waals surface area contributed by atoms with Gasteiger partial charge in [0.05, 0.1) is 11.4 Å². The molecule has 5 aromatic rings. The van der Waals surface area contributed by atoms with Gasteiger partial charge in [-0.1, -0.05) is 54.6 Å². The van der Waals surface area contributed by atoms with Crippen LogP contribution in [0.15, 0.2) is 91.4 Å². The number of pyridine rings is 1. The van der Waals surface area contributed by atoms with E-state index in [0.29, 0.717) is 6.04 Å². The maximum atomic E-state index is 9.03. The number of nitrogens with zero attached hydrogens (tertiary/aromatic N) is 7. The molecule has 0 atom stereocenters. The standard InChI is InChI=1S/C32H30N8/c1-39-31(25-5-3-2-4-6-25)30(38-32(39)26-11-16-34-17-12-26)24-9-7-23(8-10-24)22-40-19-14-27(15-20-40)36-28-13-18-35-29(21-33)37-28/h2-13,16-18,27H,14-15,19-20,22H2,1H3,(H,35,36,37). The molecular weight excluding hydrogens is 496 g/mol. The van der Waals surface area contributed by atoms with Gasteiger partial charge in [-0.2, -0.15) is 5.26 Å². The van der Waals surface area contributed by atoms with Crippen LogP contribution in [0.5, 0.6) is 0 Å². The Morgan fingerprint density at radius 3 is 2.33 bits per heavy atom. The van der Waals surface area contributed by atoms with Crippen molar-refractivity contribution in [3.05, 3.63) is 103 Å². The second kappa shape index (κ2) is 11.5. The van der Waals surface area contributed by atoms with Crippen molar-refractivity contribution in [3.8, 4) is 40.0 Å². The van der Waals surface area contributed by atoms with Crippen LogP contribution in [0.3, 0.4) is 0 Å². The number of anilines is 1. The lowest BCUT2D eigenvalue weighted by molar-refractivity contribution is 0.211. The quantitative estimate of drug-likeness (QED) is 0.297. The largest absolute Gasteiger partial charge is 0.367 e. The molecule has 8 heteroatoms. The Bertz CT molecular complexity index is 1610. The zero-order valence-electron chi connectivity index (χ0n) is 22.4. The van der Waals surface area contributed by atoms with Gasteiger partial charge in [-0.15, -0.1) is 0 Å². The highest BCUT2D eigenvalue weighted by molar-refractivity contribution is 5.82. The van der Waals surface area contributed by atoms with Gasteiger partial charge in [0.1, 0.15) is 17.7 Å². The third-order valence-corrected chi connectivity index (χ3v) is 7.41. The zero-order valence-corrected chi connectivity index (χ0v) is 22.4. The molecule has 1 N–H and O–H groups in total. The first-order chi connectivity index (χ1) is 19.7. The smallest absolute Gasteiger partial charge is 0.234 e. The summed E-state index contributed by atoms with van der Waals surface area (Å²) in [5, 5.41) is 12.5. The lowest BCUT2D eigenvalue weighted by atomic mass is 10.0. The molecule has 8 nitrogen and oxygen atoms in total. The highest BCUT2D eigenvalue weighted by atomic mass is 15.1. The molecule has 40 heavy (non-hydrogen) atoms. The Balaban J connectivity index is 1.16. The Kier molecular flexibility index (Phi) is 7.29. The fraction of sp³-hybridized carbons (Fsp3) is 0.219. The summed E-state index contributed by atoms with van der Waals surface area (Å²) in [6.45, 7) is 2.92. The van der Waals surface area contributed by atoms with Crippen LogP contribution in [0.2, 0.25) is 0 Å². The Labute approximate surface area is 234 Å². The highest BCUT2D eigenvalue weighted by Crippen LogP contribution is 2.35. The van der Waals surface area contributed by atoms with Gasteiger partial charge in [0.25, 0.3) is 0 Å². The molecule has 0 aliphatic carbocycles. The van der Waals surface area contributed by atoms with Crippen molar-refractivity contribution in [2.24, 2.45) is 7.05 Å². The molecule has 0 radical (unpaired) electrons. The topological polar surface area (TPSA) is 95.5 Å². The lowest BCUT2D eigenvalue weighted by Gasteiger charge is -2.32. The van der Waals surface area contributed by atoms with Crippen molar-refractivity contribution < 1.29 is 0 Å². The van der Waals surface area contributed by atoms with Crippen LogP contribution in [0.1, 0.15) is 24.2 Å². The number of imidazole rings is 1. The first kappa shape index (κ1) is 25.4. The monoisotopic (exact) mass is 526 g/mol. The maximum absolute atomic E-state index is 9.03. The molecule has 1 aliphatic heterocycles. The SMILES string of the molecule is Cn1c(-c2ccncc2)nc(-c2ccc(CN3CCC(Nc4ccnc(C#N)n4)CC3)cc2)c1-c1ccccc1. The number of nitrogens with one attached hydrogen (secondary N) is 1. The molecule has 1 saturated heterocycles. The van der Waals surface area contributed by atoms with Crippen LogP contribution in [-0.4, -0.2) is 48.5 Å². The van der Waals surface area contributed by atoms with E-state index in [1.54, 1.807) is 18.6 Å². The van der Waals surface area contributed by atoms with Crippen molar-refractivity contribution in [1.29, 1.82) is 5.26 Å². The number of piperidine rings is 1. The van der Waals surface area contributed by atoms with Gasteiger partial charge in [-0.25, -0.2) is 15.0 Å². The number of likely N-dealkylation sites (tertiary alicyclic amines) is 1. The first-order valence-electron chi connectivity index (χ1n) is 13.5. The van der Waals surface area contributed by atoms with Crippen LogP contribution < -0.4 is 5.32 Å². The van der Waals surface area contributed by atoms with Gasteiger partial charge in [-0.05, 0) is 36.6 Å². The molecule has 3 aromatic heterocycles. The van der Waals surface area contributed by atoms with Crippen molar-refractivity contribution in [3.63, 3.8) is 0 Å². The van der Waals surface area contributed by atoms with Crippen LogP contribution in [-0.2, 0) is 13.6 Å². The molecule has 1 fully saturated rings. The summed E-state index contributed by atoms with van der Waals surface area (Å²) in [6.07, 6.45) is 7.28. The minimum absolute atomic E-state index is 0.195. The van der Waals surface area contributed by atoms with E-state index >= 15 is 0 Å². The van der Waals surface area contributed by atoms with E-state index in [1.807, 2.05) is 30.3 Å². The molecule has 0 bridgehead atoms. The van der Waals surface area contributed by atoms with E-state index in [0.717, 1.165) is 72.2 Å². The highest BCUT2D eigenvalue weighted by Gasteiger charge is 2.21. The van der Waals surface area contributed by atoms with Crippen LogP contribution in [0.4, 0.5) is 5.82 Å². The fourth-order valence-corrected chi connectivity index (χ4v) is 5.35. The average molecular weight is 527 g/mol. The normalized spacial score (nSPS) is 14.1. The molecule has 2 aromatic carbocycles. The second-order valence-electron chi connectivity index (χ2n) is 10.1. The number of hydrogen-bond donors (Lipinski definition) is 1. The molecule has 0 amide bonds. The number of rotatable bonds is 7. The van der Waals surface area contributed by atoms with E-state index in [2.05, 4.69) is 85.3 Å². The molecule has 0 unspecified atom stereocenters. The maximum Gasteiger partial charge on any atom is 0.234 e. The van der Waals surface area contributed by atoms with E-state index in [4.69, 9.17) is 10.2 Å². The minimum atomic E-state index is 0.195. The van der Waals surface area contributed by atoms with Gasteiger partial charge >= 0.3 is 0 Å². The number of nitriles is 1. The van der Waals surface area contributed by atoms with Crippen LogP contribution in [0, 0.1) is 11.3 Å². The number of aromatic nitrogens is 5. The fourth-order valence-electron chi connectivity index (χ4n) is 5.35. The Hall–Kier alpha value is -4.87. The van der Waals surface area contributed by atoms with Crippen molar-refractivity contribution in [2.75, 3.05) is 18.4 Å². The molecule has 4 heterocycles. The molecule has 0 spiro atoms. The third kappa shape index (κ3) is 5.46. The third-order valence-electron chi connectivity index (χ3n) is 7.41. The van der Waals surface area contributed by atoms with Crippen LogP contribution >= 0.6 is 0 Å². The van der Waals surface area contributed by atoms with Crippen molar-refractivity contribution in [2.45, 2.75) is 25.4 Å². The Morgan fingerprint density at radius 1 is 0.850 bits per heavy atom. The van der Waals surface area contributed by atoms with E-state index in [-0.39, 0.29) is 5.82 Å². The van der Waals surface area contributed by atoms with E-state index < -0.39 is 0 Å². The summed E-state index contributed by atoms with van der Waals surface area (Å²) in [4.78, 5) is 20.0. The summed E-state index contributed by atoms with van der Waals surface area (Å²) in [5.74, 6) is 1.83. The second-order valence-corrected chi connectivity index (χ2v) is 10.1. The van der Waals surface area contributed by atoms with E-state index in [9.17, 15) is 0 Å². The van der Waals surface area contributed by atoms with Gasteiger partial charge in [0, 0.05) is 68.0 Å². The number of hydrogen-bond acceptors (Lipinski definition) is 7. The summed E-state index contributed by atoms with van der Waals surface area (Å²) < 4.78 is 2.18. The Morgan fingerprint density at radius 2 is 1.60 bits per heavy atom.